The molecule has 0 radical (unpaired) electrons. The molecule has 112 valence electrons. The molecule has 0 aromatic heterocycles. The van der Waals surface area contributed by atoms with Crippen LogP contribution in [0.1, 0.15) is 33.6 Å². The highest BCUT2D eigenvalue weighted by atomic mass is 79.9. The molecule has 0 fully saturated rings. The van der Waals surface area contributed by atoms with E-state index in [1.807, 2.05) is 38.1 Å². The Kier molecular flexibility index (Phi) is 6.49. The van der Waals surface area contributed by atoms with Crippen LogP contribution >= 0.6 is 15.9 Å². The van der Waals surface area contributed by atoms with Gasteiger partial charge in [0.25, 0.3) is 5.91 Å². The first kappa shape index (κ1) is 17.0. The van der Waals surface area contributed by atoms with Crippen molar-refractivity contribution in [3.05, 3.63) is 28.7 Å². The zero-order valence-electron chi connectivity index (χ0n) is 12.3. The van der Waals surface area contributed by atoms with Crippen LogP contribution in [0.3, 0.4) is 0 Å². The minimum Gasteiger partial charge on any atom is -0.481 e. The summed E-state index contributed by atoms with van der Waals surface area (Å²) >= 11 is 3.35. The van der Waals surface area contributed by atoms with E-state index in [0.717, 1.165) is 17.3 Å². The molecule has 0 spiro atoms. The van der Waals surface area contributed by atoms with E-state index < -0.39 is 6.10 Å². The van der Waals surface area contributed by atoms with Crippen molar-refractivity contribution in [3.63, 3.8) is 0 Å². The lowest BCUT2D eigenvalue weighted by Crippen LogP contribution is -2.51. The van der Waals surface area contributed by atoms with E-state index in [4.69, 9.17) is 10.5 Å². The maximum absolute atomic E-state index is 12.0. The molecule has 0 bridgehead atoms. The molecule has 1 atom stereocenters. The van der Waals surface area contributed by atoms with Gasteiger partial charge in [-0.05, 0) is 44.0 Å². The van der Waals surface area contributed by atoms with E-state index in [1.165, 1.54) is 0 Å². The van der Waals surface area contributed by atoms with Crippen molar-refractivity contribution in [3.8, 4) is 5.75 Å². The van der Waals surface area contributed by atoms with Crippen LogP contribution in [0.25, 0.3) is 0 Å². The van der Waals surface area contributed by atoms with Crippen LogP contribution in [0.4, 0.5) is 0 Å². The number of hydrogen-bond donors (Lipinski definition) is 2. The maximum atomic E-state index is 12.0. The van der Waals surface area contributed by atoms with Gasteiger partial charge >= 0.3 is 0 Å². The molecule has 0 aliphatic carbocycles. The third kappa shape index (κ3) is 5.13. The second kappa shape index (κ2) is 7.64. The normalized spacial score (nSPS) is 12.8. The summed E-state index contributed by atoms with van der Waals surface area (Å²) in [4.78, 5) is 12.0. The Labute approximate surface area is 129 Å². The number of carbonyl (C=O) groups is 1. The maximum Gasteiger partial charge on any atom is 0.260 e. The summed E-state index contributed by atoms with van der Waals surface area (Å²) in [5.74, 6) is 0.519. The van der Waals surface area contributed by atoms with E-state index in [1.54, 1.807) is 6.92 Å². The lowest BCUT2D eigenvalue weighted by molar-refractivity contribution is -0.127. The topological polar surface area (TPSA) is 64.3 Å². The third-order valence-corrected chi connectivity index (χ3v) is 4.05. The van der Waals surface area contributed by atoms with Gasteiger partial charge in [-0.2, -0.15) is 0 Å². The predicted octanol–water partition coefficient (Wildman–Crippen LogP) is 2.85. The van der Waals surface area contributed by atoms with Crippen molar-refractivity contribution in [1.29, 1.82) is 0 Å². The van der Waals surface area contributed by atoms with Gasteiger partial charge in [-0.1, -0.05) is 29.8 Å². The molecule has 0 saturated heterocycles. The fourth-order valence-electron chi connectivity index (χ4n) is 1.68. The SMILES string of the molecule is CCC(N)(CC)CNC(=O)C(C)Oc1ccc(Br)cc1. The third-order valence-electron chi connectivity index (χ3n) is 3.52. The molecule has 0 heterocycles. The molecule has 1 aromatic carbocycles. The first-order chi connectivity index (χ1) is 9.40. The second-order valence-electron chi connectivity index (χ2n) is 5.00. The average Bonchev–Trinajstić information content (AvgIpc) is 2.46. The molecule has 20 heavy (non-hydrogen) atoms. The van der Waals surface area contributed by atoms with Crippen molar-refractivity contribution < 1.29 is 9.53 Å². The van der Waals surface area contributed by atoms with Crippen molar-refractivity contribution in [2.75, 3.05) is 6.54 Å². The quantitative estimate of drug-likeness (QED) is 0.800. The molecule has 3 N–H and O–H groups in total. The Hall–Kier alpha value is -1.07. The Bertz CT molecular complexity index is 430. The van der Waals surface area contributed by atoms with Crippen molar-refractivity contribution >= 4 is 21.8 Å². The van der Waals surface area contributed by atoms with Gasteiger partial charge in [0, 0.05) is 16.6 Å². The fourth-order valence-corrected chi connectivity index (χ4v) is 1.94. The van der Waals surface area contributed by atoms with Crippen LogP contribution in [0, 0.1) is 0 Å². The van der Waals surface area contributed by atoms with E-state index in [0.29, 0.717) is 12.3 Å². The Balaban J connectivity index is 2.49. The number of rotatable bonds is 7. The van der Waals surface area contributed by atoms with Crippen molar-refractivity contribution in [2.45, 2.75) is 45.3 Å². The molecule has 1 aromatic rings. The van der Waals surface area contributed by atoms with E-state index in [9.17, 15) is 4.79 Å². The number of amides is 1. The Morgan fingerprint density at radius 1 is 1.35 bits per heavy atom. The number of nitrogens with one attached hydrogen (secondary N) is 1. The minimum atomic E-state index is -0.547. The largest absolute Gasteiger partial charge is 0.481 e. The van der Waals surface area contributed by atoms with Crippen LogP contribution in [0.2, 0.25) is 0 Å². The number of ether oxygens (including phenoxy) is 1. The summed E-state index contributed by atoms with van der Waals surface area (Å²) in [5.41, 5.74) is 5.81. The number of nitrogens with two attached hydrogens (primary N) is 1. The van der Waals surface area contributed by atoms with Gasteiger partial charge in [-0.3, -0.25) is 4.79 Å². The van der Waals surface area contributed by atoms with Crippen LogP contribution < -0.4 is 15.8 Å². The van der Waals surface area contributed by atoms with Crippen LogP contribution in [-0.2, 0) is 4.79 Å². The lowest BCUT2D eigenvalue weighted by Gasteiger charge is -2.27. The molecule has 1 unspecified atom stereocenters. The van der Waals surface area contributed by atoms with Crippen LogP contribution in [0.15, 0.2) is 28.7 Å². The number of benzene rings is 1. The van der Waals surface area contributed by atoms with Crippen molar-refractivity contribution in [1.82, 2.24) is 5.32 Å². The van der Waals surface area contributed by atoms with Gasteiger partial charge in [-0.15, -0.1) is 0 Å². The highest BCUT2D eigenvalue weighted by Gasteiger charge is 2.23. The monoisotopic (exact) mass is 342 g/mol. The summed E-state index contributed by atoms with van der Waals surface area (Å²) < 4.78 is 6.56. The predicted molar refractivity (Wildman–Crippen MR) is 84.7 cm³/mol. The molecular formula is C15H23BrN2O2. The molecular weight excluding hydrogens is 320 g/mol. The molecule has 5 heteroatoms. The van der Waals surface area contributed by atoms with Crippen molar-refractivity contribution in [2.24, 2.45) is 5.73 Å². The number of carbonyl (C=O) groups excluding carboxylic acids is 1. The van der Waals surface area contributed by atoms with Gasteiger partial charge in [0.1, 0.15) is 5.75 Å². The molecule has 0 aliphatic rings. The number of halogens is 1. The van der Waals surface area contributed by atoms with Gasteiger partial charge in [0.15, 0.2) is 6.10 Å². The van der Waals surface area contributed by atoms with E-state index in [2.05, 4.69) is 21.2 Å². The van der Waals surface area contributed by atoms with Gasteiger partial charge < -0.3 is 15.8 Å². The van der Waals surface area contributed by atoms with Gasteiger partial charge in [0.05, 0.1) is 0 Å². The first-order valence-corrected chi connectivity index (χ1v) is 7.68. The smallest absolute Gasteiger partial charge is 0.260 e. The van der Waals surface area contributed by atoms with E-state index in [-0.39, 0.29) is 11.4 Å². The molecule has 1 amide bonds. The summed E-state index contributed by atoms with van der Waals surface area (Å²) in [7, 11) is 0. The molecule has 1 rings (SSSR count). The zero-order valence-corrected chi connectivity index (χ0v) is 13.9. The van der Waals surface area contributed by atoms with Crippen LogP contribution in [-0.4, -0.2) is 24.1 Å². The summed E-state index contributed by atoms with van der Waals surface area (Å²) in [6, 6.07) is 7.39. The summed E-state index contributed by atoms with van der Waals surface area (Å²) in [5, 5.41) is 2.86. The molecule has 4 nitrogen and oxygen atoms in total. The highest BCUT2D eigenvalue weighted by Crippen LogP contribution is 2.17. The standard InChI is InChI=1S/C15H23BrN2O2/c1-4-15(17,5-2)10-18-14(19)11(3)20-13-8-6-12(16)7-9-13/h6-9,11H,4-5,10,17H2,1-3H3,(H,18,19). The van der Waals surface area contributed by atoms with E-state index >= 15 is 0 Å². The molecule has 0 saturated carbocycles. The lowest BCUT2D eigenvalue weighted by atomic mass is 9.94. The Morgan fingerprint density at radius 2 is 1.90 bits per heavy atom. The zero-order chi connectivity index (χ0) is 15.2. The molecule has 0 aliphatic heterocycles. The number of hydrogen-bond acceptors (Lipinski definition) is 3. The fraction of sp³-hybridized carbons (Fsp3) is 0.533. The van der Waals surface area contributed by atoms with Gasteiger partial charge in [-0.25, -0.2) is 0 Å². The second-order valence-corrected chi connectivity index (χ2v) is 5.92. The average molecular weight is 343 g/mol. The Morgan fingerprint density at radius 3 is 2.40 bits per heavy atom. The first-order valence-electron chi connectivity index (χ1n) is 6.89. The van der Waals surface area contributed by atoms with Gasteiger partial charge in [0.2, 0.25) is 0 Å². The minimum absolute atomic E-state index is 0.148. The van der Waals surface area contributed by atoms with Crippen LogP contribution in [0.5, 0.6) is 5.75 Å². The summed E-state index contributed by atoms with van der Waals surface area (Å²) in [6.07, 6.45) is 1.10. The summed E-state index contributed by atoms with van der Waals surface area (Å²) in [6.45, 7) is 6.25. The highest BCUT2D eigenvalue weighted by molar-refractivity contribution is 9.10.